The quantitative estimate of drug-likeness (QED) is 0.0709. The molecule has 2 aromatic rings. The molecule has 0 aromatic carbocycles. The van der Waals surface area contributed by atoms with Crippen LogP contribution in [0.4, 0.5) is 0 Å². The number of ether oxygens (including phenoxy) is 1. The van der Waals surface area contributed by atoms with E-state index in [1.54, 1.807) is 36.5 Å². The monoisotopic (exact) mass is 588 g/mol. The first-order chi connectivity index (χ1) is 14.1. The Labute approximate surface area is 281 Å². The number of hydrogen-bond donors (Lipinski definition) is 1. The maximum atomic E-state index is 8.83. The Hall–Kier alpha value is -0.207. The van der Waals surface area contributed by atoms with E-state index >= 15 is 0 Å². The van der Waals surface area contributed by atoms with Gasteiger partial charge in [-0.2, -0.15) is 10.5 Å². The number of halogens is 1. The van der Waals surface area contributed by atoms with Crippen LogP contribution in [0.5, 0.6) is 11.5 Å². The molecule has 154 valence electrons. The van der Waals surface area contributed by atoms with E-state index in [0.717, 1.165) is 4.43 Å². The van der Waals surface area contributed by atoms with E-state index in [9.17, 15) is 0 Å². The van der Waals surface area contributed by atoms with Crippen molar-refractivity contribution in [3.63, 3.8) is 0 Å². The summed E-state index contributed by atoms with van der Waals surface area (Å²) in [6, 6.07) is 10.1. The van der Waals surface area contributed by atoms with Crippen LogP contribution in [0.3, 0.4) is 0 Å². The molecule has 0 saturated carbocycles. The summed E-state index contributed by atoms with van der Waals surface area (Å²) in [6.07, 6.45) is 6.49. The van der Waals surface area contributed by atoms with Crippen LogP contribution in [-0.4, -0.2) is 32.6 Å². The van der Waals surface area contributed by atoms with Crippen molar-refractivity contribution >= 4 is 29.1 Å². The minimum absolute atomic E-state index is 0. The maximum Gasteiger partial charge on any atom is 1.00 e. The summed E-state index contributed by atoms with van der Waals surface area (Å²) in [4.78, 5) is 18.7. The summed E-state index contributed by atoms with van der Waals surface area (Å²) in [5.74, 6) is 0.430. The average molecular weight is 588 g/mol. The first-order valence-corrected chi connectivity index (χ1v) is 9.10. The van der Waals surface area contributed by atoms with Gasteiger partial charge in [-0.15, -0.1) is 6.58 Å². The zero-order valence-corrected chi connectivity index (χ0v) is 25.7. The fraction of sp³-hybridized carbons (Fsp3) is 0.105. The summed E-state index contributed by atoms with van der Waals surface area (Å²) in [7, 11) is 0. The Morgan fingerprint density at radius 3 is 1.97 bits per heavy atom. The Bertz CT molecular complexity index is 828. The van der Waals surface area contributed by atoms with Gasteiger partial charge in [0.2, 0.25) is 0 Å². The van der Waals surface area contributed by atoms with Crippen molar-refractivity contribution in [3.05, 3.63) is 73.4 Å². The second-order valence-corrected chi connectivity index (χ2v) is 5.06. The molecule has 0 aliphatic heterocycles. The second-order valence-electron chi connectivity index (χ2n) is 4.18. The molecule has 0 fully saturated rings. The van der Waals surface area contributed by atoms with E-state index in [1.165, 1.54) is 12.3 Å². The number of hydrogen-bond acceptors (Lipinski definition) is 9. The topological polar surface area (TPSA) is 152 Å². The molecule has 0 atom stereocenters. The Morgan fingerprint density at radius 2 is 1.61 bits per heavy atom. The Kier molecular flexibility index (Phi) is 36.6. The number of pyridine rings is 2. The van der Waals surface area contributed by atoms with Crippen molar-refractivity contribution in [2.45, 2.75) is 0 Å². The van der Waals surface area contributed by atoms with Crippen molar-refractivity contribution in [1.82, 2.24) is 9.97 Å². The Morgan fingerprint density at radius 1 is 1.13 bits per heavy atom. The molecule has 31 heavy (non-hydrogen) atoms. The molecule has 2 heterocycles. The first-order valence-electron chi connectivity index (χ1n) is 7.58. The fourth-order valence-corrected chi connectivity index (χ4v) is 1.22. The number of carbonyl (C=O) groups is 1. The molecule has 0 bridgehead atoms. The summed E-state index contributed by atoms with van der Waals surface area (Å²) >= 11 is 2.23. The number of aromatic nitrogens is 2. The van der Waals surface area contributed by atoms with E-state index in [4.69, 9.17) is 30.4 Å². The summed E-state index contributed by atoms with van der Waals surface area (Å²) < 4.78 is 6.23. The molecule has 9 nitrogen and oxygen atoms in total. The number of aromatic hydroxyl groups is 1. The average Bonchev–Trinajstić information content (AvgIpc) is 2.79. The van der Waals surface area contributed by atoms with Gasteiger partial charge < -0.3 is 21.4 Å². The van der Waals surface area contributed by atoms with E-state index in [0.29, 0.717) is 18.1 Å². The van der Waals surface area contributed by atoms with Gasteiger partial charge in [0, 0.05) is 16.8 Å². The third kappa shape index (κ3) is 22.8. The van der Waals surface area contributed by atoms with Crippen LogP contribution in [-0.2, 0) is 9.68 Å². The molecular formula is C19H19IK2N4O5. The molecule has 0 radical (unpaired) electrons. The maximum absolute atomic E-state index is 8.83. The van der Waals surface area contributed by atoms with Crippen LogP contribution in [0.15, 0.2) is 62.0 Å². The normalized spacial score (nSPS) is 7.23. The molecule has 0 amide bonds. The van der Waals surface area contributed by atoms with Crippen molar-refractivity contribution in [3.8, 4) is 23.6 Å². The van der Waals surface area contributed by atoms with Gasteiger partial charge in [0.1, 0.15) is 18.7 Å². The van der Waals surface area contributed by atoms with Gasteiger partial charge in [-0.25, -0.2) is 9.97 Å². The van der Waals surface area contributed by atoms with E-state index in [1.807, 2.05) is 12.1 Å². The van der Waals surface area contributed by atoms with Crippen molar-refractivity contribution in [1.29, 1.82) is 10.5 Å². The van der Waals surface area contributed by atoms with Crippen LogP contribution in [0.2, 0.25) is 0 Å². The predicted molar refractivity (Wildman–Crippen MR) is 113 cm³/mol. The molecule has 1 N–H and O–H groups in total. The molecule has 0 saturated heterocycles. The van der Waals surface area contributed by atoms with Gasteiger partial charge in [-0.05, 0) is 24.3 Å². The van der Waals surface area contributed by atoms with Crippen LogP contribution in [0.25, 0.3) is 0 Å². The van der Waals surface area contributed by atoms with E-state index < -0.39 is 0 Å². The molecule has 2 aromatic heterocycles. The zero-order valence-electron chi connectivity index (χ0n) is 18.3. The molecule has 0 spiro atoms. The first kappa shape index (κ1) is 38.1. The van der Waals surface area contributed by atoms with Gasteiger partial charge in [0.05, 0.1) is 0 Å². The standard InChI is InChI=1S/C9H8N2O.C6H4N2O.C3H5I.CH2O3.2K.H/c1-2-6-12-9-4-3-5-11-8(9)7-10;7-4-5-6(9)2-1-3-8-5;1-2-3-4;2-1-4-3;;;/h2-5H,1,6H2;1-3,9H;2H,1,3H2;1,3H;;;/q;;;;2*+1;-1/p-1. The number of nitrogens with zero attached hydrogens (tertiary/aromatic N) is 4. The summed E-state index contributed by atoms with van der Waals surface area (Å²) in [5, 5.41) is 34.1. The van der Waals surface area contributed by atoms with Gasteiger partial charge >= 0.3 is 103 Å². The molecular weight excluding hydrogens is 569 g/mol. The summed E-state index contributed by atoms with van der Waals surface area (Å²) in [6.45, 7) is 7.18. The predicted octanol–water partition coefficient (Wildman–Crippen LogP) is -3.66. The van der Waals surface area contributed by atoms with Crippen LogP contribution in [0.1, 0.15) is 12.8 Å². The van der Waals surface area contributed by atoms with Crippen LogP contribution < -0.4 is 113 Å². The number of alkyl halides is 1. The molecule has 0 unspecified atom stereocenters. The van der Waals surface area contributed by atoms with E-state index in [-0.39, 0.29) is 122 Å². The minimum atomic E-state index is -0.181. The number of allylic oxidation sites excluding steroid dienone is 1. The second kappa shape index (κ2) is 29.8. The molecule has 12 heteroatoms. The Balaban J connectivity index is -0.000000109. The minimum Gasteiger partial charge on any atom is -1.00 e. The van der Waals surface area contributed by atoms with Crippen molar-refractivity contribution < 1.29 is 129 Å². The molecule has 2 rings (SSSR count). The number of nitriles is 2. The zero-order chi connectivity index (χ0) is 22.3. The number of carbonyl (C=O) groups excluding carboxylic acids is 1. The largest absolute Gasteiger partial charge is 1.00 e. The van der Waals surface area contributed by atoms with Crippen LogP contribution in [0, 0.1) is 22.7 Å². The smallest absolute Gasteiger partial charge is 1.00 e. The van der Waals surface area contributed by atoms with Gasteiger partial charge in [0.25, 0.3) is 6.47 Å². The van der Waals surface area contributed by atoms with E-state index in [2.05, 4.69) is 50.6 Å². The number of rotatable bonds is 5. The third-order valence-corrected chi connectivity index (χ3v) is 2.90. The van der Waals surface area contributed by atoms with Crippen LogP contribution >= 0.6 is 22.6 Å². The summed E-state index contributed by atoms with van der Waals surface area (Å²) in [5.41, 5.74) is 0.372. The van der Waals surface area contributed by atoms with Crippen molar-refractivity contribution in [2.75, 3.05) is 11.0 Å². The SMILES string of the molecule is C=CCI.C=CCOc1cccnc1C#N.N#Cc1ncccc1O.O=CO[O-].[H-].[K+].[K+]. The molecule has 0 aliphatic rings. The van der Waals surface area contributed by atoms with Gasteiger partial charge in [0.15, 0.2) is 22.9 Å². The van der Waals surface area contributed by atoms with Gasteiger partial charge in [-0.3, -0.25) is 4.79 Å². The fourth-order valence-electron chi connectivity index (χ4n) is 1.22. The van der Waals surface area contributed by atoms with Crippen molar-refractivity contribution in [2.24, 2.45) is 0 Å². The van der Waals surface area contributed by atoms with Gasteiger partial charge in [-0.1, -0.05) is 41.3 Å². The molecule has 0 aliphatic carbocycles. The third-order valence-electron chi connectivity index (χ3n) is 2.27.